The minimum Gasteiger partial charge on any atom is -0.383 e. The van der Waals surface area contributed by atoms with E-state index in [0.717, 1.165) is 12.1 Å². The molecule has 0 aliphatic rings. The molecule has 1 heterocycles. The Morgan fingerprint density at radius 1 is 1.17 bits per heavy atom. The highest BCUT2D eigenvalue weighted by Crippen LogP contribution is 2.37. The van der Waals surface area contributed by atoms with Crippen molar-refractivity contribution in [2.24, 2.45) is 0 Å². The maximum absolute atomic E-state index is 13.0. The Hall–Kier alpha value is -2.55. The standard InChI is InChI=1S/C12H6F6N4OS/c13-11(14,15)6-3-1-2-4-8(6)22-10(20)9(7(5-19)21-22)24(23)12(16,17)18/h1-4H,20H2. The van der Waals surface area contributed by atoms with E-state index in [1.54, 1.807) is 0 Å². The molecule has 0 amide bonds. The summed E-state index contributed by atoms with van der Waals surface area (Å²) in [6, 6.07) is 5.07. The van der Waals surface area contributed by atoms with Gasteiger partial charge in [0, 0.05) is 0 Å². The smallest absolute Gasteiger partial charge is 0.383 e. The third-order valence-electron chi connectivity index (χ3n) is 2.82. The quantitative estimate of drug-likeness (QED) is 0.826. The van der Waals surface area contributed by atoms with Crippen LogP contribution in [0.5, 0.6) is 0 Å². The summed E-state index contributed by atoms with van der Waals surface area (Å²) >= 11 is 0. The Kier molecular flexibility index (Phi) is 4.32. The summed E-state index contributed by atoms with van der Waals surface area (Å²) in [7, 11) is -3.72. The summed E-state index contributed by atoms with van der Waals surface area (Å²) in [6.45, 7) is 0. The highest BCUT2D eigenvalue weighted by molar-refractivity contribution is 7.86. The molecule has 5 nitrogen and oxygen atoms in total. The van der Waals surface area contributed by atoms with Gasteiger partial charge < -0.3 is 5.73 Å². The number of para-hydroxylation sites is 1. The van der Waals surface area contributed by atoms with Crippen molar-refractivity contribution in [3.8, 4) is 11.8 Å². The van der Waals surface area contributed by atoms with E-state index in [1.165, 1.54) is 12.1 Å². The molecular formula is C12H6F6N4OS. The molecule has 0 bridgehead atoms. The first kappa shape index (κ1) is 17.8. The van der Waals surface area contributed by atoms with Gasteiger partial charge in [0.1, 0.15) is 16.8 Å². The van der Waals surface area contributed by atoms with Crippen LogP contribution in [0, 0.1) is 11.3 Å². The number of hydrogen-bond donors (Lipinski definition) is 1. The van der Waals surface area contributed by atoms with Crippen molar-refractivity contribution in [2.45, 2.75) is 16.6 Å². The fraction of sp³-hybridized carbons (Fsp3) is 0.167. The lowest BCUT2D eigenvalue weighted by atomic mass is 10.1. The molecule has 1 aromatic heterocycles. The zero-order valence-electron chi connectivity index (χ0n) is 11.3. The fourth-order valence-electron chi connectivity index (χ4n) is 1.87. The van der Waals surface area contributed by atoms with Crippen LogP contribution in [0.1, 0.15) is 11.3 Å². The first-order chi connectivity index (χ1) is 11.0. The number of nitrogens with two attached hydrogens (primary N) is 1. The molecule has 2 N–H and O–H groups in total. The summed E-state index contributed by atoms with van der Waals surface area (Å²) in [4.78, 5) is -1.18. The molecule has 1 aromatic carbocycles. The van der Waals surface area contributed by atoms with Gasteiger partial charge in [0.2, 0.25) is 0 Å². The van der Waals surface area contributed by atoms with Gasteiger partial charge in [-0.1, -0.05) is 12.1 Å². The number of hydrogen-bond acceptors (Lipinski definition) is 4. The van der Waals surface area contributed by atoms with Crippen LogP contribution in [-0.2, 0) is 17.0 Å². The summed E-state index contributed by atoms with van der Waals surface area (Å²) in [5.41, 5.74) is -2.73. The van der Waals surface area contributed by atoms with Crippen molar-refractivity contribution in [1.29, 1.82) is 5.26 Å². The number of alkyl halides is 6. The zero-order chi connectivity index (χ0) is 18.3. The van der Waals surface area contributed by atoms with E-state index in [-0.39, 0.29) is 0 Å². The van der Waals surface area contributed by atoms with Gasteiger partial charge in [0.15, 0.2) is 16.5 Å². The van der Waals surface area contributed by atoms with Gasteiger partial charge in [-0.25, -0.2) is 8.89 Å². The first-order valence-electron chi connectivity index (χ1n) is 5.92. The minimum atomic E-state index is -5.25. The molecule has 0 saturated carbocycles. The van der Waals surface area contributed by atoms with Crippen LogP contribution in [0.25, 0.3) is 5.69 Å². The van der Waals surface area contributed by atoms with Crippen LogP contribution in [0.3, 0.4) is 0 Å². The number of halogens is 6. The van der Waals surface area contributed by atoms with E-state index < -0.39 is 50.1 Å². The Morgan fingerprint density at radius 2 is 1.75 bits per heavy atom. The predicted molar refractivity (Wildman–Crippen MR) is 70.2 cm³/mol. The van der Waals surface area contributed by atoms with Gasteiger partial charge in [-0.15, -0.1) is 0 Å². The van der Waals surface area contributed by atoms with Crippen LogP contribution in [0.15, 0.2) is 29.2 Å². The van der Waals surface area contributed by atoms with Crippen molar-refractivity contribution < 1.29 is 30.6 Å². The summed E-state index contributed by atoms with van der Waals surface area (Å²) in [5.74, 6) is -0.959. The van der Waals surface area contributed by atoms with E-state index in [1.807, 2.05) is 0 Å². The average molecular weight is 368 g/mol. The number of aromatic nitrogens is 2. The monoisotopic (exact) mass is 368 g/mol. The molecule has 0 aliphatic carbocycles. The maximum Gasteiger partial charge on any atom is 0.476 e. The maximum atomic E-state index is 13.0. The normalized spacial score (nSPS) is 13.5. The van der Waals surface area contributed by atoms with E-state index in [9.17, 15) is 30.6 Å². The fourth-order valence-corrected chi connectivity index (χ4v) is 2.64. The third-order valence-corrected chi connectivity index (χ3v) is 4.01. The lowest BCUT2D eigenvalue weighted by Crippen LogP contribution is -2.18. The molecule has 2 aromatic rings. The van der Waals surface area contributed by atoms with Gasteiger partial charge in [0.05, 0.1) is 11.3 Å². The lowest BCUT2D eigenvalue weighted by Gasteiger charge is -2.13. The van der Waals surface area contributed by atoms with Crippen LogP contribution in [-0.4, -0.2) is 19.5 Å². The lowest BCUT2D eigenvalue weighted by molar-refractivity contribution is -0.137. The van der Waals surface area contributed by atoms with Crippen molar-refractivity contribution in [3.05, 3.63) is 35.5 Å². The molecule has 0 aliphatic heterocycles. The van der Waals surface area contributed by atoms with E-state index >= 15 is 0 Å². The Balaban J connectivity index is 2.75. The number of nitriles is 1. The highest BCUT2D eigenvalue weighted by Gasteiger charge is 2.43. The molecule has 24 heavy (non-hydrogen) atoms. The molecule has 12 heteroatoms. The van der Waals surface area contributed by atoms with Crippen LogP contribution >= 0.6 is 0 Å². The first-order valence-corrected chi connectivity index (χ1v) is 7.07. The molecular weight excluding hydrogens is 362 g/mol. The van der Waals surface area contributed by atoms with E-state index in [0.29, 0.717) is 10.7 Å². The van der Waals surface area contributed by atoms with Crippen molar-refractivity contribution in [3.63, 3.8) is 0 Å². The van der Waals surface area contributed by atoms with Crippen molar-refractivity contribution in [2.75, 3.05) is 5.73 Å². The molecule has 1 unspecified atom stereocenters. The summed E-state index contributed by atoms with van der Waals surface area (Å²) < 4.78 is 88.7. The second-order valence-corrected chi connectivity index (χ2v) is 5.72. The van der Waals surface area contributed by atoms with Crippen molar-refractivity contribution >= 4 is 16.6 Å². The number of anilines is 1. The van der Waals surface area contributed by atoms with E-state index in [2.05, 4.69) is 5.10 Å². The molecule has 2 rings (SSSR count). The number of nitrogens with zero attached hydrogens (tertiary/aromatic N) is 3. The molecule has 0 radical (unpaired) electrons. The molecule has 0 fully saturated rings. The Bertz CT molecular complexity index is 849. The number of nitrogen functional groups attached to an aromatic ring is 1. The number of rotatable bonds is 2. The molecule has 0 saturated heterocycles. The van der Waals surface area contributed by atoms with Crippen molar-refractivity contribution in [1.82, 2.24) is 9.78 Å². The Labute approximate surface area is 132 Å². The minimum absolute atomic E-state index is 0.320. The highest BCUT2D eigenvalue weighted by atomic mass is 32.2. The van der Waals surface area contributed by atoms with E-state index in [4.69, 9.17) is 11.0 Å². The third kappa shape index (κ3) is 3.07. The SMILES string of the molecule is N#Cc1nn(-c2ccccc2C(F)(F)F)c(N)c1S(=O)C(F)(F)F. The van der Waals surface area contributed by atoms with Gasteiger partial charge in [0.25, 0.3) is 0 Å². The topological polar surface area (TPSA) is 84.7 Å². The summed E-state index contributed by atoms with van der Waals surface area (Å²) in [6.07, 6.45) is -4.84. The second-order valence-electron chi connectivity index (χ2n) is 4.32. The second kappa shape index (κ2) is 5.82. The predicted octanol–water partition coefficient (Wildman–Crippen LogP) is 2.97. The van der Waals surface area contributed by atoms with Crippen LogP contribution in [0.2, 0.25) is 0 Å². The van der Waals surface area contributed by atoms with Gasteiger partial charge in [-0.3, -0.25) is 0 Å². The van der Waals surface area contributed by atoms with Gasteiger partial charge in [-0.05, 0) is 12.1 Å². The largest absolute Gasteiger partial charge is 0.476 e. The number of benzene rings is 1. The molecule has 1 atom stereocenters. The van der Waals surface area contributed by atoms with Gasteiger partial charge in [-0.2, -0.15) is 36.7 Å². The van der Waals surface area contributed by atoms with Crippen LogP contribution in [0.4, 0.5) is 32.2 Å². The summed E-state index contributed by atoms with van der Waals surface area (Å²) in [5, 5.41) is 12.2. The van der Waals surface area contributed by atoms with Gasteiger partial charge >= 0.3 is 11.7 Å². The molecule has 0 spiro atoms. The Morgan fingerprint density at radius 3 is 2.25 bits per heavy atom. The molecule has 128 valence electrons. The van der Waals surface area contributed by atoms with Crippen LogP contribution < -0.4 is 5.73 Å². The average Bonchev–Trinajstić information content (AvgIpc) is 2.81. The zero-order valence-corrected chi connectivity index (χ0v) is 12.1.